The minimum absolute atomic E-state index is 0.254. The Labute approximate surface area is 94.3 Å². The monoisotopic (exact) mass is 238 g/mol. The molecule has 2 rings (SSSR count). The Morgan fingerprint density at radius 3 is 2.38 bits per heavy atom. The average molecular weight is 238 g/mol. The molecule has 0 aliphatic heterocycles. The van der Waals surface area contributed by atoms with Crippen LogP contribution < -0.4 is 11.5 Å². The molecule has 0 saturated heterocycles. The van der Waals surface area contributed by atoms with Crippen LogP contribution >= 0.6 is 11.8 Å². The van der Waals surface area contributed by atoms with Crippen LogP contribution in [-0.4, -0.2) is 19.9 Å². The molecule has 8 heteroatoms. The predicted molar refractivity (Wildman–Crippen MR) is 57.0 cm³/mol. The van der Waals surface area contributed by atoms with E-state index in [0.717, 1.165) is 18.1 Å². The molecule has 0 unspecified atom stereocenters. The summed E-state index contributed by atoms with van der Waals surface area (Å²) in [6, 6.07) is 2.61. The van der Waals surface area contributed by atoms with E-state index in [9.17, 15) is 4.39 Å². The maximum absolute atomic E-state index is 12.8. The number of hydrogen-bond donors (Lipinski definition) is 2. The lowest BCUT2D eigenvalue weighted by Gasteiger charge is -2.01. The van der Waals surface area contributed by atoms with Gasteiger partial charge in [-0.05, 0) is 11.8 Å². The summed E-state index contributed by atoms with van der Waals surface area (Å²) in [6.07, 6.45) is 1.12. The zero-order chi connectivity index (χ0) is 11.5. The van der Waals surface area contributed by atoms with Gasteiger partial charge in [0, 0.05) is 12.1 Å². The van der Waals surface area contributed by atoms with Crippen LogP contribution in [0.2, 0.25) is 0 Å². The molecular formula is C8H7FN6S. The molecule has 2 aromatic heterocycles. The van der Waals surface area contributed by atoms with Crippen LogP contribution in [0, 0.1) is 5.95 Å². The van der Waals surface area contributed by atoms with Crippen LogP contribution in [0.4, 0.5) is 16.0 Å². The van der Waals surface area contributed by atoms with E-state index in [-0.39, 0.29) is 11.6 Å². The fourth-order valence-corrected chi connectivity index (χ4v) is 1.72. The highest BCUT2D eigenvalue weighted by molar-refractivity contribution is 7.99. The van der Waals surface area contributed by atoms with Gasteiger partial charge in [0.15, 0.2) is 5.16 Å². The fraction of sp³-hybridized carbons (Fsp3) is 0. The second-order valence-electron chi connectivity index (χ2n) is 2.78. The summed E-state index contributed by atoms with van der Waals surface area (Å²) < 4.78 is 12.8. The molecule has 6 nitrogen and oxygen atoms in total. The molecule has 0 fully saturated rings. The van der Waals surface area contributed by atoms with Crippen LogP contribution in [0.15, 0.2) is 28.6 Å². The van der Waals surface area contributed by atoms with Gasteiger partial charge in [-0.1, -0.05) is 0 Å². The third kappa shape index (κ3) is 2.54. The van der Waals surface area contributed by atoms with Crippen molar-refractivity contribution >= 4 is 23.4 Å². The molecule has 0 aliphatic rings. The van der Waals surface area contributed by atoms with Crippen LogP contribution in [-0.2, 0) is 0 Å². The second-order valence-corrected chi connectivity index (χ2v) is 3.77. The lowest BCUT2D eigenvalue weighted by Crippen LogP contribution is -1.99. The highest BCUT2D eigenvalue weighted by Gasteiger charge is 2.05. The van der Waals surface area contributed by atoms with Gasteiger partial charge < -0.3 is 11.5 Å². The number of nitrogens with two attached hydrogens (primary N) is 2. The molecule has 0 aliphatic carbocycles. The van der Waals surface area contributed by atoms with Crippen molar-refractivity contribution in [2.75, 3.05) is 11.5 Å². The third-order valence-corrected chi connectivity index (χ3v) is 2.35. The van der Waals surface area contributed by atoms with Gasteiger partial charge in [0.2, 0.25) is 5.95 Å². The predicted octanol–water partition coefficient (Wildman–Crippen LogP) is 0.721. The smallest absolute Gasteiger partial charge is 0.217 e. The topological polar surface area (TPSA) is 104 Å². The quantitative estimate of drug-likeness (QED) is 0.586. The zero-order valence-electron chi connectivity index (χ0n) is 7.96. The minimum Gasteiger partial charge on any atom is -0.383 e. The molecular weight excluding hydrogens is 231 g/mol. The van der Waals surface area contributed by atoms with Crippen molar-refractivity contribution in [3.8, 4) is 0 Å². The summed E-state index contributed by atoms with van der Waals surface area (Å²) in [7, 11) is 0. The summed E-state index contributed by atoms with van der Waals surface area (Å²) in [5.74, 6) is -0.108. The van der Waals surface area contributed by atoms with E-state index >= 15 is 0 Å². The number of halogens is 1. The second kappa shape index (κ2) is 4.27. The molecule has 0 atom stereocenters. The Bertz CT molecular complexity index is 499. The molecule has 2 aromatic rings. The van der Waals surface area contributed by atoms with Crippen molar-refractivity contribution < 1.29 is 4.39 Å². The maximum atomic E-state index is 12.8. The van der Waals surface area contributed by atoms with Gasteiger partial charge >= 0.3 is 0 Å². The lowest BCUT2D eigenvalue weighted by molar-refractivity contribution is 0.572. The molecule has 82 valence electrons. The Morgan fingerprint density at radius 1 is 1.06 bits per heavy atom. The first-order valence-electron chi connectivity index (χ1n) is 4.19. The Hall–Kier alpha value is -1.96. The van der Waals surface area contributed by atoms with Gasteiger partial charge in [0.1, 0.15) is 23.0 Å². The summed E-state index contributed by atoms with van der Waals surface area (Å²) in [5.41, 5.74) is 11.0. The van der Waals surface area contributed by atoms with Gasteiger partial charge in [0.05, 0.1) is 0 Å². The van der Waals surface area contributed by atoms with Crippen molar-refractivity contribution in [3.63, 3.8) is 0 Å². The minimum atomic E-state index is -0.616. The third-order valence-electron chi connectivity index (χ3n) is 1.55. The SMILES string of the molecule is Nc1cc(N)nc(Sc2cc(F)ncn2)n1. The van der Waals surface area contributed by atoms with Crippen molar-refractivity contribution in [2.24, 2.45) is 0 Å². The number of nitrogen functional groups attached to an aromatic ring is 2. The average Bonchev–Trinajstić information content (AvgIpc) is 2.15. The lowest BCUT2D eigenvalue weighted by atomic mass is 10.5. The first-order chi connectivity index (χ1) is 7.63. The summed E-state index contributed by atoms with van der Waals surface area (Å²) >= 11 is 1.06. The standard InChI is InChI=1S/C8H7FN6S/c9-4-1-7(13-3-12-4)16-8-14-5(10)2-6(11)15-8/h1-3H,(H4,10,11,14,15). The van der Waals surface area contributed by atoms with Gasteiger partial charge in [-0.2, -0.15) is 4.39 Å². The van der Waals surface area contributed by atoms with Crippen LogP contribution in [0.25, 0.3) is 0 Å². The van der Waals surface area contributed by atoms with Crippen molar-refractivity contribution in [2.45, 2.75) is 10.2 Å². The summed E-state index contributed by atoms with van der Waals surface area (Å²) in [5, 5.41) is 0.702. The highest BCUT2D eigenvalue weighted by atomic mass is 32.2. The van der Waals surface area contributed by atoms with E-state index in [1.54, 1.807) is 0 Å². The fourth-order valence-electron chi connectivity index (χ4n) is 0.974. The van der Waals surface area contributed by atoms with E-state index < -0.39 is 5.95 Å². The van der Waals surface area contributed by atoms with E-state index in [1.807, 2.05) is 0 Å². The molecule has 0 saturated carbocycles. The Morgan fingerprint density at radius 2 is 1.75 bits per heavy atom. The van der Waals surface area contributed by atoms with Crippen LogP contribution in [0.1, 0.15) is 0 Å². The van der Waals surface area contributed by atoms with Gasteiger partial charge in [-0.25, -0.2) is 19.9 Å². The molecule has 0 radical (unpaired) electrons. The number of nitrogens with zero attached hydrogens (tertiary/aromatic N) is 4. The molecule has 0 amide bonds. The van der Waals surface area contributed by atoms with Crippen LogP contribution in [0.3, 0.4) is 0 Å². The molecule has 0 aromatic carbocycles. The number of rotatable bonds is 2. The highest BCUT2D eigenvalue weighted by Crippen LogP contribution is 2.23. The largest absolute Gasteiger partial charge is 0.383 e. The summed E-state index contributed by atoms with van der Waals surface area (Å²) in [6.45, 7) is 0. The van der Waals surface area contributed by atoms with E-state index in [1.165, 1.54) is 12.1 Å². The van der Waals surface area contributed by atoms with Gasteiger partial charge in [-0.3, -0.25) is 0 Å². The van der Waals surface area contributed by atoms with E-state index in [2.05, 4.69) is 19.9 Å². The molecule has 16 heavy (non-hydrogen) atoms. The Kier molecular flexibility index (Phi) is 2.82. The summed E-state index contributed by atoms with van der Waals surface area (Å²) in [4.78, 5) is 15.0. The van der Waals surface area contributed by atoms with Crippen LogP contribution in [0.5, 0.6) is 0 Å². The number of hydrogen-bond acceptors (Lipinski definition) is 7. The van der Waals surface area contributed by atoms with E-state index in [0.29, 0.717) is 10.2 Å². The van der Waals surface area contributed by atoms with Crippen molar-refractivity contribution in [1.29, 1.82) is 0 Å². The maximum Gasteiger partial charge on any atom is 0.217 e. The van der Waals surface area contributed by atoms with Gasteiger partial charge in [-0.15, -0.1) is 0 Å². The Balaban J connectivity index is 2.27. The first-order valence-corrected chi connectivity index (χ1v) is 5.00. The van der Waals surface area contributed by atoms with E-state index in [4.69, 9.17) is 11.5 Å². The number of anilines is 2. The zero-order valence-corrected chi connectivity index (χ0v) is 8.78. The van der Waals surface area contributed by atoms with Crippen molar-refractivity contribution in [3.05, 3.63) is 24.4 Å². The molecule has 0 spiro atoms. The number of aromatic nitrogens is 4. The van der Waals surface area contributed by atoms with Gasteiger partial charge in [0.25, 0.3) is 0 Å². The first kappa shape index (κ1) is 10.6. The normalized spacial score (nSPS) is 10.3. The van der Waals surface area contributed by atoms with Crippen molar-refractivity contribution in [1.82, 2.24) is 19.9 Å². The molecule has 4 N–H and O–H groups in total. The molecule has 0 bridgehead atoms. The molecule has 2 heterocycles.